The second-order valence-electron chi connectivity index (χ2n) is 6.73. The van der Waals surface area contributed by atoms with Gasteiger partial charge in [-0.25, -0.2) is 4.79 Å². The average Bonchev–Trinajstić information content (AvgIpc) is 3.20. The molecule has 1 fully saturated rings. The number of nitrogens with zero attached hydrogens (tertiary/aromatic N) is 1. The topological polar surface area (TPSA) is 145 Å². The molecule has 1 aromatic carbocycles. The zero-order valence-corrected chi connectivity index (χ0v) is 16.0. The van der Waals surface area contributed by atoms with E-state index in [9.17, 15) is 24.3 Å². The summed E-state index contributed by atoms with van der Waals surface area (Å²) in [6, 6.07) is 7.11. The van der Waals surface area contributed by atoms with Crippen LogP contribution in [-0.2, 0) is 25.7 Å². The summed E-state index contributed by atoms with van der Waals surface area (Å²) >= 11 is 0. The smallest absolute Gasteiger partial charge is 0.407 e. The van der Waals surface area contributed by atoms with Crippen LogP contribution in [0.25, 0.3) is 0 Å². The first-order valence-corrected chi connectivity index (χ1v) is 9.25. The number of carboxylic acids is 1. The molecule has 1 aliphatic heterocycles. The van der Waals surface area contributed by atoms with Crippen LogP contribution in [0.2, 0.25) is 0 Å². The summed E-state index contributed by atoms with van der Waals surface area (Å²) in [5, 5.41) is 23.6. The first kappa shape index (κ1) is 22.2. The number of aliphatic hydroxyl groups excluding tert-OH is 1. The number of amides is 3. The van der Waals surface area contributed by atoms with Gasteiger partial charge in [-0.05, 0) is 25.3 Å². The fourth-order valence-electron chi connectivity index (χ4n) is 2.99. The van der Waals surface area contributed by atoms with Gasteiger partial charge in [0.1, 0.15) is 19.2 Å². The third-order valence-electron chi connectivity index (χ3n) is 4.58. The second kappa shape index (κ2) is 10.4. The van der Waals surface area contributed by atoms with Crippen molar-refractivity contribution in [3.63, 3.8) is 0 Å². The van der Waals surface area contributed by atoms with Crippen LogP contribution in [0.1, 0.15) is 25.3 Å². The second-order valence-corrected chi connectivity index (χ2v) is 6.73. The molecule has 2 rings (SSSR count). The highest BCUT2D eigenvalue weighted by molar-refractivity contribution is 5.88. The van der Waals surface area contributed by atoms with Crippen molar-refractivity contribution in [2.24, 2.45) is 0 Å². The Hall–Kier alpha value is -3.14. The van der Waals surface area contributed by atoms with Gasteiger partial charge in [-0.1, -0.05) is 30.3 Å². The van der Waals surface area contributed by atoms with E-state index in [2.05, 4.69) is 10.6 Å². The molecule has 1 heterocycles. The number of nitrogens with one attached hydrogen (secondary N) is 2. The largest absolute Gasteiger partial charge is 0.480 e. The molecule has 0 radical (unpaired) electrons. The van der Waals surface area contributed by atoms with Gasteiger partial charge in [-0.15, -0.1) is 0 Å². The van der Waals surface area contributed by atoms with Crippen molar-refractivity contribution >= 4 is 23.9 Å². The van der Waals surface area contributed by atoms with E-state index in [1.165, 1.54) is 11.8 Å². The monoisotopic (exact) mass is 407 g/mol. The van der Waals surface area contributed by atoms with Crippen LogP contribution in [0.5, 0.6) is 0 Å². The molecule has 2 unspecified atom stereocenters. The van der Waals surface area contributed by atoms with E-state index in [1.54, 1.807) is 12.1 Å². The molecular weight excluding hydrogens is 382 g/mol. The Morgan fingerprint density at radius 2 is 1.93 bits per heavy atom. The Labute approximate surface area is 167 Å². The number of benzene rings is 1. The third-order valence-corrected chi connectivity index (χ3v) is 4.58. The molecule has 29 heavy (non-hydrogen) atoms. The number of carbonyl (C=O) groups is 4. The number of alkyl carbamates (subject to hydrolysis) is 1. The lowest BCUT2D eigenvalue weighted by Gasteiger charge is -2.28. The highest BCUT2D eigenvalue weighted by atomic mass is 16.5. The lowest BCUT2D eigenvalue weighted by molar-refractivity contribution is -0.145. The molecule has 3 amide bonds. The molecule has 3 atom stereocenters. The van der Waals surface area contributed by atoms with Crippen molar-refractivity contribution in [2.45, 2.75) is 44.6 Å². The molecule has 10 nitrogen and oxygen atoms in total. The number of ether oxygens (including phenoxy) is 1. The van der Waals surface area contributed by atoms with Gasteiger partial charge in [-0.2, -0.15) is 0 Å². The van der Waals surface area contributed by atoms with Crippen molar-refractivity contribution in [1.82, 2.24) is 15.5 Å². The van der Waals surface area contributed by atoms with Gasteiger partial charge in [0.15, 0.2) is 6.10 Å². The van der Waals surface area contributed by atoms with Gasteiger partial charge in [-0.3, -0.25) is 14.4 Å². The Morgan fingerprint density at radius 3 is 2.59 bits per heavy atom. The summed E-state index contributed by atoms with van der Waals surface area (Å²) in [4.78, 5) is 48.4. The van der Waals surface area contributed by atoms with Crippen molar-refractivity contribution in [2.75, 3.05) is 13.1 Å². The molecule has 0 saturated carbocycles. The van der Waals surface area contributed by atoms with E-state index in [-0.39, 0.29) is 13.2 Å². The molecule has 0 aromatic heterocycles. The van der Waals surface area contributed by atoms with Gasteiger partial charge in [0.25, 0.3) is 5.91 Å². The highest BCUT2D eigenvalue weighted by Gasteiger charge is 2.38. The van der Waals surface area contributed by atoms with Crippen molar-refractivity contribution in [3.8, 4) is 0 Å². The fraction of sp³-hybridized carbons (Fsp3) is 0.474. The van der Waals surface area contributed by atoms with Gasteiger partial charge in [0.05, 0.1) is 6.04 Å². The van der Waals surface area contributed by atoms with Gasteiger partial charge < -0.3 is 30.5 Å². The fourth-order valence-corrected chi connectivity index (χ4v) is 2.99. The number of carboxylic acid groups (broad SMARTS) is 1. The van der Waals surface area contributed by atoms with Crippen LogP contribution in [0, 0.1) is 0 Å². The van der Waals surface area contributed by atoms with Crippen LogP contribution in [-0.4, -0.2) is 70.3 Å². The molecule has 0 aliphatic carbocycles. The number of carbonyl (C=O) groups excluding carboxylic acids is 3. The molecule has 1 aliphatic rings. The number of hydrogen-bond acceptors (Lipinski definition) is 6. The molecular formula is C19H25N3O7. The number of rotatable bonds is 8. The number of likely N-dealkylation sites (tertiary alicyclic amines) is 1. The SMILES string of the molecule is CC(NC(=O)C(O)[C@@H]1CCCN1C(=O)CNC(=O)OCc1ccccc1)C(=O)O. The third kappa shape index (κ3) is 6.46. The minimum atomic E-state index is -1.56. The molecule has 1 aromatic rings. The predicted octanol–water partition coefficient (Wildman–Crippen LogP) is -0.146. The summed E-state index contributed by atoms with van der Waals surface area (Å²) in [5.41, 5.74) is 0.804. The van der Waals surface area contributed by atoms with Crippen LogP contribution in [0.3, 0.4) is 0 Å². The lowest BCUT2D eigenvalue weighted by atomic mass is 10.1. The number of aliphatic carboxylic acids is 1. The molecule has 0 bridgehead atoms. The van der Waals surface area contributed by atoms with Gasteiger partial charge in [0.2, 0.25) is 5.91 Å². The van der Waals surface area contributed by atoms with E-state index in [1.807, 2.05) is 18.2 Å². The van der Waals surface area contributed by atoms with E-state index in [0.29, 0.717) is 19.4 Å². The Bertz CT molecular complexity index is 741. The van der Waals surface area contributed by atoms with E-state index in [0.717, 1.165) is 5.56 Å². The summed E-state index contributed by atoms with van der Waals surface area (Å²) in [6.07, 6.45) is -1.35. The van der Waals surface area contributed by atoms with Gasteiger partial charge >= 0.3 is 12.1 Å². The maximum atomic E-state index is 12.4. The molecule has 4 N–H and O–H groups in total. The molecule has 1 saturated heterocycles. The van der Waals surface area contributed by atoms with Crippen LogP contribution >= 0.6 is 0 Å². The van der Waals surface area contributed by atoms with Crippen LogP contribution in [0.4, 0.5) is 4.79 Å². The first-order chi connectivity index (χ1) is 13.8. The van der Waals surface area contributed by atoms with Crippen molar-refractivity contribution < 1.29 is 34.1 Å². The standard InChI is InChI=1S/C19H25N3O7/c1-12(18(26)27)21-17(25)16(24)14-8-5-9-22(14)15(23)10-20-19(28)29-11-13-6-3-2-4-7-13/h2-4,6-7,12,14,16,24H,5,8-11H2,1H3,(H,20,28)(H,21,25)(H,26,27)/t12?,14-,16?/m0/s1. The molecule has 10 heteroatoms. The first-order valence-electron chi connectivity index (χ1n) is 9.25. The summed E-state index contributed by atoms with van der Waals surface area (Å²) in [7, 11) is 0. The number of aliphatic hydroxyl groups is 1. The zero-order valence-electron chi connectivity index (χ0n) is 16.0. The zero-order chi connectivity index (χ0) is 21.4. The minimum Gasteiger partial charge on any atom is -0.480 e. The molecule has 0 spiro atoms. The summed E-state index contributed by atoms with van der Waals surface area (Å²) in [6.45, 7) is 1.32. The normalized spacial score (nSPS) is 17.9. The summed E-state index contributed by atoms with van der Waals surface area (Å²) < 4.78 is 5.03. The Morgan fingerprint density at radius 1 is 1.24 bits per heavy atom. The lowest BCUT2D eigenvalue weighted by Crippen LogP contribution is -2.53. The maximum absolute atomic E-state index is 12.4. The minimum absolute atomic E-state index is 0.0633. The summed E-state index contributed by atoms with van der Waals surface area (Å²) in [5.74, 6) is -2.56. The number of hydrogen-bond donors (Lipinski definition) is 4. The van der Waals surface area contributed by atoms with Crippen molar-refractivity contribution in [1.29, 1.82) is 0 Å². The van der Waals surface area contributed by atoms with Gasteiger partial charge in [0, 0.05) is 6.54 Å². The van der Waals surface area contributed by atoms with E-state index in [4.69, 9.17) is 9.84 Å². The van der Waals surface area contributed by atoms with E-state index >= 15 is 0 Å². The van der Waals surface area contributed by atoms with Crippen molar-refractivity contribution in [3.05, 3.63) is 35.9 Å². The van der Waals surface area contributed by atoms with E-state index < -0.39 is 42.1 Å². The van der Waals surface area contributed by atoms with Crippen LogP contribution < -0.4 is 10.6 Å². The Kier molecular flexibility index (Phi) is 7.96. The Balaban J connectivity index is 1.81. The molecule has 158 valence electrons. The maximum Gasteiger partial charge on any atom is 0.407 e. The average molecular weight is 407 g/mol. The van der Waals surface area contributed by atoms with Crippen LogP contribution in [0.15, 0.2) is 30.3 Å². The quantitative estimate of drug-likeness (QED) is 0.469. The highest BCUT2D eigenvalue weighted by Crippen LogP contribution is 2.20. The predicted molar refractivity (Wildman–Crippen MR) is 101 cm³/mol.